The molecule has 0 saturated heterocycles. The van der Waals surface area contributed by atoms with Crippen LogP contribution in [0.2, 0.25) is 0 Å². The van der Waals surface area contributed by atoms with Crippen LogP contribution in [0.15, 0.2) is 42.8 Å². The van der Waals surface area contributed by atoms with Gasteiger partial charge in [0, 0.05) is 19.3 Å². The minimum atomic E-state index is -0.0670. The molecule has 2 heteroatoms. The fraction of sp³-hybridized carbons (Fsp3) is 0.222. The highest BCUT2D eigenvalue weighted by Gasteiger charge is 1.82. The first-order chi connectivity index (χ1) is 5.31. The first-order valence-corrected chi connectivity index (χ1v) is 3.44. The lowest BCUT2D eigenvalue weighted by Crippen LogP contribution is -2.11. The Kier molecular flexibility index (Phi) is 6.10. The van der Waals surface area contributed by atoms with Gasteiger partial charge in [0.15, 0.2) is 0 Å². The van der Waals surface area contributed by atoms with E-state index >= 15 is 0 Å². The highest BCUT2D eigenvalue weighted by molar-refractivity contribution is 5.09. The van der Waals surface area contributed by atoms with E-state index in [1.807, 2.05) is 19.2 Å². The number of nitrogens with one attached hydrogen (secondary N) is 1. The van der Waals surface area contributed by atoms with Gasteiger partial charge in [0.1, 0.15) is 0 Å². The average Bonchev–Trinajstić information content (AvgIpc) is 2.04. The summed E-state index contributed by atoms with van der Waals surface area (Å²) in [5.41, 5.74) is 8.39. The zero-order valence-corrected chi connectivity index (χ0v) is 6.75. The summed E-state index contributed by atoms with van der Waals surface area (Å²) in [6, 6.07) is -0.0670. The minimum absolute atomic E-state index is 0.0670. The molecule has 0 aliphatic rings. The first-order valence-electron chi connectivity index (χ1n) is 3.44. The third-order valence-corrected chi connectivity index (χ3v) is 1.03. The first kappa shape index (κ1) is 9.76. The lowest BCUT2D eigenvalue weighted by Gasteiger charge is -1.92. The molecule has 0 aromatic carbocycles. The maximum absolute atomic E-state index is 5.51. The summed E-state index contributed by atoms with van der Waals surface area (Å²) in [7, 11) is 1.82. The van der Waals surface area contributed by atoms with Crippen LogP contribution in [0.4, 0.5) is 0 Å². The third kappa shape index (κ3) is 6.65. The third-order valence-electron chi connectivity index (χ3n) is 1.03. The number of hydrogen-bond donors (Lipinski definition) is 2. The Labute approximate surface area is 67.8 Å². The zero-order chi connectivity index (χ0) is 8.53. The Hall–Kier alpha value is -1.24. The standard InChI is InChI=1S/C9H14N2/c1-3-9(10)7-5-4-6-8-11-2/h3-5,7-9,11H,1,10H2,2H3/b7-5-. The van der Waals surface area contributed by atoms with E-state index in [0.29, 0.717) is 0 Å². The van der Waals surface area contributed by atoms with Crippen molar-refractivity contribution in [3.8, 4) is 0 Å². The molecule has 0 saturated carbocycles. The lowest BCUT2D eigenvalue weighted by atomic mass is 10.3. The monoisotopic (exact) mass is 150 g/mol. The average molecular weight is 150 g/mol. The van der Waals surface area contributed by atoms with Gasteiger partial charge in [0.2, 0.25) is 0 Å². The van der Waals surface area contributed by atoms with Gasteiger partial charge in [-0.25, -0.2) is 0 Å². The molecule has 60 valence electrons. The fourth-order valence-corrected chi connectivity index (χ4v) is 0.449. The van der Waals surface area contributed by atoms with E-state index < -0.39 is 0 Å². The Morgan fingerprint density at radius 3 is 2.91 bits per heavy atom. The Morgan fingerprint density at radius 1 is 1.64 bits per heavy atom. The van der Waals surface area contributed by atoms with Crippen molar-refractivity contribution in [1.29, 1.82) is 0 Å². The molecule has 0 amide bonds. The summed E-state index contributed by atoms with van der Waals surface area (Å²) >= 11 is 0. The molecule has 0 fully saturated rings. The summed E-state index contributed by atoms with van der Waals surface area (Å²) in [4.78, 5) is 0. The SMILES string of the molecule is C=CC(N)/C=C\C=C=CNC. The predicted molar refractivity (Wildman–Crippen MR) is 49.0 cm³/mol. The van der Waals surface area contributed by atoms with E-state index in [2.05, 4.69) is 17.6 Å². The highest BCUT2D eigenvalue weighted by Crippen LogP contribution is 1.82. The normalized spacial score (nSPS) is 11.8. The van der Waals surface area contributed by atoms with Crippen molar-refractivity contribution in [3.63, 3.8) is 0 Å². The highest BCUT2D eigenvalue weighted by atomic mass is 14.8. The van der Waals surface area contributed by atoms with Crippen LogP contribution in [0.25, 0.3) is 0 Å². The molecule has 3 N–H and O–H groups in total. The summed E-state index contributed by atoms with van der Waals surface area (Å²) in [5.74, 6) is 0. The molecule has 0 radical (unpaired) electrons. The maximum Gasteiger partial charge on any atom is 0.0411 e. The lowest BCUT2D eigenvalue weighted by molar-refractivity contribution is 1.03. The van der Waals surface area contributed by atoms with Crippen molar-refractivity contribution in [2.24, 2.45) is 5.73 Å². The van der Waals surface area contributed by atoms with Gasteiger partial charge >= 0.3 is 0 Å². The van der Waals surface area contributed by atoms with Crippen molar-refractivity contribution < 1.29 is 0 Å². The van der Waals surface area contributed by atoms with Crippen LogP contribution in [0.5, 0.6) is 0 Å². The van der Waals surface area contributed by atoms with Gasteiger partial charge in [-0.3, -0.25) is 0 Å². The predicted octanol–water partition coefficient (Wildman–Crippen LogP) is 0.944. The number of nitrogens with two attached hydrogens (primary N) is 1. The van der Waals surface area contributed by atoms with Crippen molar-refractivity contribution in [3.05, 3.63) is 42.8 Å². The molecule has 0 aliphatic heterocycles. The van der Waals surface area contributed by atoms with Crippen molar-refractivity contribution in [2.75, 3.05) is 7.05 Å². The van der Waals surface area contributed by atoms with Gasteiger partial charge in [-0.15, -0.1) is 12.3 Å². The Bertz CT molecular complexity index is 186. The van der Waals surface area contributed by atoms with Gasteiger partial charge in [-0.2, -0.15) is 0 Å². The molecule has 0 aromatic heterocycles. The molecule has 1 atom stereocenters. The van der Waals surface area contributed by atoms with Crippen LogP contribution in [-0.2, 0) is 0 Å². The smallest absolute Gasteiger partial charge is 0.0411 e. The summed E-state index contributed by atoms with van der Waals surface area (Å²) < 4.78 is 0. The van der Waals surface area contributed by atoms with E-state index in [9.17, 15) is 0 Å². The Morgan fingerprint density at radius 2 is 2.36 bits per heavy atom. The number of rotatable bonds is 4. The molecular weight excluding hydrogens is 136 g/mol. The van der Waals surface area contributed by atoms with Crippen molar-refractivity contribution in [2.45, 2.75) is 6.04 Å². The molecule has 0 bridgehead atoms. The Balaban J connectivity index is 3.76. The van der Waals surface area contributed by atoms with E-state index in [1.54, 1.807) is 18.4 Å². The second kappa shape index (κ2) is 6.87. The maximum atomic E-state index is 5.51. The second-order valence-electron chi connectivity index (χ2n) is 1.96. The van der Waals surface area contributed by atoms with E-state index in [0.717, 1.165) is 0 Å². The van der Waals surface area contributed by atoms with Gasteiger partial charge < -0.3 is 11.1 Å². The molecule has 0 spiro atoms. The van der Waals surface area contributed by atoms with Gasteiger partial charge in [0.05, 0.1) is 0 Å². The van der Waals surface area contributed by atoms with Crippen molar-refractivity contribution in [1.82, 2.24) is 5.32 Å². The van der Waals surface area contributed by atoms with Crippen LogP contribution in [-0.4, -0.2) is 13.1 Å². The second-order valence-corrected chi connectivity index (χ2v) is 1.96. The molecule has 0 aliphatic carbocycles. The van der Waals surface area contributed by atoms with E-state index in [1.165, 1.54) is 0 Å². The molecule has 2 nitrogen and oxygen atoms in total. The molecular formula is C9H14N2. The van der Waals surface area contributed by atoms with Crippen LogP contribution in [0.1, 0.15) is 0 Å². The molecule has 0 rings (SSSR count). The van der Waals surface area contributed by atoms with Crippen LogP contribution in [0.3, 0.4) is 0 Å². The van der Waals surface area contributed by atoms with Gasteiger partial charge in [0.25, 0.3) is 0 Å². The quantitative estimate of drug-likeness (QED) is 0.355. The largest absolute Gasteiger partial charge is 0.388 e. The molecule has 0 heterocycles. The van der Waals surface area contributed by atoms with E-state index in [-0.39, 0.29) is 6.04 Å². The van der Waals surface area contributed by atoms with Gasteiger partial charge in [-0.1, -0.05) is 18.2 Å². The number of hydrogen-bond acceptors (Lipinski definition) is 2. The summed E-state index contributed by atoms with van der Waals surface area (Å²) in [5, 5.41) is 2.82. The summed E-state index contributed by atoms with van der Waals surface area (Å²) in [6.07, 6.45) is 8.83. The zero-order valence-electron chi connectivity index (χ0n) is 6.75. The molecule has 11 heavy (non-hydrogen) atoms. The molecule has 1 unspecified atom stereocenters. The van der Waals surface area contributed by atoms with Gasteiger partial charge in [-0.05, 0) is 6.08 Å². The van der Waals surface area contributed by atoms with Crippen LogP contribution < -0.4 is 11.1 Å². The van der Waals surface area contributed by atoms with Crippen LogP contribution in [0, 0.1) is 0 Å². The minimum Gasteiger partial charge on any atom is -0.388 e. The fourth-order valence-electron chi connectivity index (χ4n) is 0.449. The number of allylic oxidation sites excluding steroid dienone is 2. The van der Waals surface area contributed by atoms with Crippen LogP contribution >= 0.6 is 0 Å². The molecule has 0 aromatic rings. The topological polar surface area (TPSA) is 38.0 Å². The summed E-state index contributed by atoms with van der Waals surface area (Å²) in [6.45, 7) is 3.54. The van der Waals surface area contributed by atoms with E-state index in [4.69, 9.17) is 5.73 Å². The van der Waals surface area contributed by atoms with Crippen molar-refractivity contribution >= 4 is 0 Å².